The van der Waals surface area contributed by atoms with E-state index in [0.717, 1.165) is 11.0 Å². The highest BCUT2D eigenvalue weighted by molar-refractivity contribution is 5.74. The summed E-state index contributed by atoms with van der Waals surface area (Å²) >= 11 is 0. The van der Waals surface area contributed by atoms with Crippen molar-refractivity contribution in [3.8, 4) is 11.1 Å². The highest BCUT2D eigenvalue weighted by Crippen LogP contribution is 2.23. The zero-order valence-corrected chi connectivity index (χ0v) is 16.7. The fourth-order valence-electron chi connectivity index (χ4n) is 2.94. The van der Waals surface area contributed by atoms with Crippen molar-refractivity contribution in [3.63, 3.8) is 0 Å². The summed E-state index contributed by atoms with van der Waals surface area (Å²) in [7, 11) is 6.58. The van der Waals surface area contributed by atoms with Gasteiger partial charge in [-0.2, -0.15) is 0 Å². The van der Waals surface area contributed by atoms with Crippen LogP contribution in [0.4, 0.5) is 0 Å². The van der Waals surface area contributed by atoms with Gasteiger partial charge in [-0.25, -0.2) is 0 Å². The summed E-state index contributed by atoms with van der Waals surface area (Å²) in [6.07, 6.45) is 3.81. The second kappa shape index (κ2) is 9.70. The van der Waals surface area contributed by atoms with Crippen LogP contribution in [0.3, 0.4) is 0 Å². The van der Waals surface area contributed by atoms with E-state index in [4.69, 9.17) is 0 Å². The van der Waals surface area contributed by atoms with Crippen molar-refractivity contribution in [2.45, 2.75) is 6.54 Å². The van der Waals surface area contributed by atoms with Crippen molar-refractivity contribution >= 4 is 12.2 Å². The van der Waals surface area contributed by atoms with Crippen molar-refractivity contribution in [2.75, 3.05) is 21.1 Å². The van der Waals surface area contributed by atoms with E-state index in [2.05, 4.69) is 101 Å². The molecule has 0 unspecified atom stereocenters. The third-order valence-corrected chi connectivity index (χ3v) is 4.19. The van der Waals surface area contributed by atoms with E-state index in [1.807, 2.05) is 24.3 Å². The lowest BCUT2D eigenvalue weighted by molar-refractivity contribution is -0.884. The Balaban J connectivity index is 0.000000194. The van der Waals surface area contributed by atoms with Gasteiger partial charge >= 0.3 is 0 Å². The van der Waals surface area contributed by atoms with Crippen LogP contribution in [0.25, 0.3) is 23.3 Å². The second-order valence-electron chi connectivity index (χ2n) is 7.51. The minimum atomic E-state index is 0.949. The third-order valence-electron chi connectivity index (χ3n) is 4.19. The van der Waals surface area contributed by atoms with E-state index in [1.54, 1.807) is 0 Å². The first kappa shape index (κ1) is 20.4. The largest absolute Gasteiger partial charge is 0.327 e. The van der Waals surface area contributed by atoms with Gasteiger partial charge in [0.15, 0.2) is 0 Å². The van der Waals surface area contributed by atoms with Crippen molar-refractivity contribution in [2.24, 2.45) is 0 Å². The number of hydrogen-bond acceptors (Lipinski definition) is 0. The molecule has 0 radical (unpaired) electrons. The number of hydrogen-bond donors (Lipinski definition) is 0. The number of rotatable bonds is 5. The standard InChI is InChI=1S/C14H12.C12H18N/c1-2-12-8-6-7-11-14(12)13-9-4-3-5-10-13;1-5-11-8-6-7-9-12(11)10-13(2,3)4/h2-11H,1H2;5-9H,1,10H2,2-4H3/q;+1. The molecule has 3 aromatic rings. The Hall–Kier alpha value is -2.90. The first-order chi connectivity index (χ1) is 12.9. The van der Waals surface area contributed by atoms with Gasteiger partial charge < -0.3 is 4.48 Å². The van der Waals surface area contributed by atoms with Gasteiger partial charge in [0.1, 0.15) is 6.54 Å². The lowest BCUT2D eigenvalue weighted by atomic mass is 10.00. The quantitative estimate of drug-likeness (QED) is 0.456. The van der Waals surface area contributed by atoms with Crippen LogP contribution in [-0.2, 0) is 6.54 Å². The molecule has 0 fully saturated rings. The Morgan fingerprint density at radius 1 is 0.667 bits per heavy atom. The van der Waals surface area contributed by atoms with Crippen LogP contribution in [0.2, 0.25) is 0 Å². The second-order valence-corrected chi connectivity index (χ2v) is 7.51. The van der Waals surface area contributed by atoms with Crippen LogP contribution in [0, 0.1) is 0 Å². The lowest BCUT2D eigenvalue weighted by Gasteiger charge is -2.24. The normalized spacial score (nSPS) is 10.5. The van der Waals surface area contributed by atoms with E-state index in [-0.39, 0.29) is 0 Å². The van der Waals surface area contributed by atoms with Gasteiger partial charge in [-0.3, -0.25) is 0 Å². The van der Waals surface area contributed by atoms with Gasteiger partial charge in [-0.15, -0.1) is 0 Å². The summed E-state index contributed by atoms with van der Waals surface area (Å²) in [5.74, 6) is 0. The van der Waals surface area contributed by atoms with E-state index in [0.29, 0.717) is 0 Å². The van der Waals surface area contributed by atoms with Gasteiger partial charge in [-0.1, -0.05) is 104 Å². The molecule has 27 heavy (non-hydrogen) atoms. The highest BCUT2D eigenvalue weighted by Gasteiger charge is 2.09. The number of benzene rings is 3. The van der Waals surface area contributed by atoms with Gasteiger partial charge in [0.05, 0.1) is 21.1 Å². The zero-order chi connectivity index (χ0) is 19.7. The maximum Gasteiger partial charge on any atom is 0.104 e. The van der Waals surface area contributed by atoms with Gasteiger partial charge in [0, 0.05) is 5.56 Å². The fraction of sp³-hybridized carbons (Fsp3) is 0.154. The SMILES string of the molecule is C=Cc1ccccc1-c1ccccc1.C=Cc1ccccc1C[N+](C)(C)C. The average Bonchev–Trinajstić information content (AvgIpc) is 2.68. The van der Waals surface area contributed by atoms with Crippen LogP contribution >= 0.6 is 0 Å². The Morgan fingerprint density at radius 3 is 1.78 bits per heavy atom. The molecule has 0 amide bonds. The summed E-state index contributed by atoms with van der Waals surface area (Å²) in [5.41, 5.74) is 6.27. The summed E-state index contributed by atoms with van der Waals surface area (Å²) < 4.78 is 0.949. The van der Waals surface area contributed by atoms with E-state index in [9.17, 15) is 0 Å². The third kappa shape index (κ3) is 6.40. The first-order valence-electron chi connectivity index (χ1n) is 9.22. The Labute approximate surface area is 164 Å². The molecule has 0 aliphatic carbocycles. The van der Waals surface area contributed by atoms with E-state index in [1.165, 1.54) is 27.8 Å². The van der Waals surface area contributed by atoms with Crippen molar-refractivity contribution in [1.29, 1.82) is 0 Å². The topological polar surface area (TPSA) is 0 Å². The molecule has 0 saturated heterocycles. The molecule has 3 rings (SSSR count). The molecule has 1 nitrogen and oxygen atoms in total. The molecule has 0 saturated carbocycles. The molecule has 0 heterocycles. The van der Waals surface area contributed by atoms with Crippen LogP contribution in [0.15, 0.2) is 92.0 Å². The first-order valence-corrected chi connectivity index (χ1v) is 9.22. The molecule has 0 spiro atoms. The van der Waals surface area contributed by atoms with Crippen molar-refractivity contribution in [3.05, 3.63) is 109 Å². The van der Waals surface area contributed by atoms with Gasteiger partial charge in [0.25, 0.3) is 0 Å². The summed E-state index contributed by atoms with van der Waals surface area (Å²) in [4.78, 5) is 0. The van der Waals surface area contributed by atoms with Crippen LogP contribution < -0.4 is 0 Å². The molecule has 1 heteroatoms. The lowest BCUT2D eigenvalue weighted by Crippen LogP contribution is -2.33. The minimum Gasteiger partial charge on any atom is -0.327 e. The summed E-state index contributed by atoms with van der Waals surface area (Å²) in [6, 6.07) is 27.0. The Kier molecular flexibility index (Phi) is 7.34. The summed E-state index contributed by atoms with van der Waals surface area (Å²) in [6.45, 7) is 8.68. The monoisotopic (exact) mass is 356 g/mol. The van der Waals surface area contributed by atoms with Crippen molar-refractivity contribution in [1.82, 2.24) is 0 Å². The highest BCUT2D eigenvalue weighted by atomic mass is 15.3. The van der Waals surface area contributed by atoms with Crippen LogP contribution in [0.1, 0.15) is 16.7 Å². The van der Waals surface area contributed by atoms with Crippen LogP contribution in [-0.4, -0.2) is 25.6 Å². The summed E-state index contributed by atoms with van der Waals surface area (Å²) in [5, 5.41) is 0. The predicted molar refractivity (Wildman–Crippen MR) is 120 cm³/mol. The zero-order valence-electron chi connectivity index (χ0n) is 16.7. The molecule has 0 aromatic heterocycles. The maximum atomic E-state index is 3.82. The molecule has 0 N–H and O–H groups in total. The molecule has 138 valence electrons. The smallest absolute Gasteiger partial charge is 0.104 e. The maximum absolute atomic E-state index is 3.82. The Bertz CT molecular complexity index is 870. The fourth-order valence-corrected chi connectivity index (χ4v) is 2.94. The average molecular weight is 357 g/mol. The number of nitrogens with zero attached hydrogens (tertiary/aromatic N) is 1. The minimum absolute atomic E-state index is 0.949. The van der Waals surface area contributed by atoms with Gasteiger partial charge in [0.2, 0.25) is 0 Å². The van der Waals surface area contributed by atoms with E-state index < -0.39 is 0 Å². The van der Waals surface area contributed by atoms with E-state index >= 15 is 0 Å². The molecular weight excluding hydrogens is 326 g/mol. The molecule has 0 bridgehead atoms. The molecule has 0 atom stereocenters. The van der Waals surface area contributed by atoms with Gasteiger partial charge in [-0.05, 0) is 22.3 Å². The number of quaternary nitrogens is 1. The molecule has 3 aromatic carbocycles. The van der Waals surface area contributed by atoms with Crippen LogP contribution in [0.5, 0.6) is 0 Å². The molecular formula is C26H30N+. The predicted octanol–water partition coefficient (Wildman–Crippen LogP) is 6.53. The Morgan fingerprint density at radius 2 is 1.19 bits per heavy atom. The molecule has 0 aliphatic heterocycles. The molecule has 0 aliphatic rings. The van der Waals surface area contributed by atoms with Crippen molar-refractivity contribution < 1.29 is 4.48 Å².